The summed E-state index contributed by atoms with van der Waals surface area (Å²) in [7, 11) is 0. The number of hydrogen-bond donors (Lipinski definition) is 0. The van der Waals surface area contributed by atoms with Crippen LogP contribution in [0.25, 0.3) is 0 Å². The monoisotopic (exact) mass is 218 g/mol. The van der Waals surface area contributed by atoms with Crippen LogP contribution in [0.5, 0.6) is 0 Å². The molecule has 0 spiro atoms. The van der Waals surface area contributed by atoms with Crippen LogP contribution in [-0.4, -0.2) is 0 Å². The smallest absolute Gasteiger partial charge is 0.0169 e. The second-order valence-electron chi connectivity index (χ2n) is 3.91. The quantitative estimate of drug-likeness (QED) is 0.331. The lowest BCUT2D eigenvalue weighted by atomic mass is 10.2. The standard InChI is InChI=1S/C16H26/c1-3-5-7-9-11-13-15-16-14-12-10-8-6-4-2/h3,7,9,12-15H,1,4-6,8,10-11,16H2,2H3. The van der Waals surface area contributed by atoms with Gasteiger partial charge in [0, 0.05) is 0 Å². The Morgan fingerprint density at radius 3 is 1.88 bits per heavy atom. The van der Waals surface area contributed by atoms with Crippen molar-refractivity contribution >= 4 is 0 Å². The largest absolute Gasteiger partial charge is 0.103 e. The molecule has 0 aromatic heterocycles. The zero-order valence-electron chi connectivity index (χ0n) is 10.7. The summed E-state index contributed by atoms with van der Waals surface area (Å²) in [5.74, 6) is 0. The van der Waals surface area contributed by atoms with Crippen molar-refractivity contribution in [2.75, 3.05) is 0 Å². The first kappa shape index (κ1) is 15.0. The molecule has 0 aliphatic rings. The minimum Gasteiger partial charge on any atom is -0.103 e. The van der Waals surface area contributed by atoms with Gasteiger partial charge in [0.05, 0.1) is 0 Å². The van der Waals surface area contributed by atoms with E-state index in [0.717, 1.165) is 19.3 Å². The van der Waals surface area contributed by atoms with Crippen molar-refractivity contribution in [3.05, 3.63) is 49.1 Å². The van der Waals surface area contributed by atoms with Gasteiger partial charge in [-0.05, 0) is 32.1 Å². The molecule has 0 heteroatoms. The molecule has 0 aliphatic heterocycles. The first-order valence-electron chi connectivity index (χ1n) is 6.47. The van der Waals surface area contributed by atoms with Crippen LogP contribution in [0.2, 0.25) is 0 Å². The van der Waals surface area contributed by atoms with E-state index in [0.29, 0.717) is 0 Å². The maximum atomic E-state index is 3.67. The zero-order valence-corrected chi connectivity index (χ0v) is 10.7. The van der Waals surface area contributed by atoms with Gasteiger partial charge in [-0.1, -0.05) is 62.3 Å². The van der Waals surface area contributed by atoms with Gasteiger partial charge in [0.2, 0.25) is 0 Å². The van der Waals surface area contributed by atoms with Crippen molar-refractivity contribution in [2.24, 2.45) is 0 Å². The topological polar surface area (TPSA) is 0 Å². The molecule has 0 aliphatic carbocycles. The highest BCUT2D eigenvalue weighted by molar-refractivity contribution is 4.98. The number of allylic oxidation sites excluding steroid dienone is 7. The summed E-state index contributed by atoms with van der Waals surface area (Å²) in [6.45, 7) is 5.91. The van der Waals surface area contributed by atoms with Crippen LogP contribution >= 0.6 is 0 Å². The van der Waals surface area contributed by atoms with E-state index in [2.05, 4.69) is 50.0 Å². The van der Waals surface area contributed by atoms with Gasteiger partial charge in [-0.25, -0.2) is 0 Å². The average Bonchev–Trinajstić information content (AvgIpc) is 2.31. The van der Waals surface area contributed by atoms with E-state index in [9.17, 15) is 0 Å². The van der Waals surface area contributed by atoms with E-state index in [1.54, 1.807) is 0 Å². The number of hydrogen-bond acceptors (Lipinski definition) is 0. The Labute approximate surface area is 101 Å². The molecule has 16 heavy (non-hydrogen) atoms. The summed E-state index contributed by atoms with van der Waals surface area (Å²) in [6.07, 6.45) is 23.6. The van der Waals surface area contributed by atoms with Crippen LogP contribution < -0.4 is 0 Å². The van der Waals surface area contributed by atoms with Gasteiger partial charge < -0.3 is 0 Å². The lowest BCUT2D eigenvalue weighted by Crippen LogP contribution is -1.70. The fourth-order valence-electron chi connectivity index (χ4n) is 1.36. The van der Waals surface area contributed by atoms with Crippen LogP contribution in [0.15, 0.2) is 49.1 Å². The normalized spacial score (nSPS) is 12.1. The Hall–Kier alpha value is -1.04. The molecule has 0 radical (unpaired) electrons. The second-order valence-corrected chi connectivity index (χ2v) is 3.91. The van der Waals surface area contributed by atoms with Gasteiger partial charge in [0.15, 0.2) is 0 Å². The maximum absolute atomic E-state index is 3.67. The van der Waals surface area contributed by atoms with Gasteiger partial charge >= 0.3 is 0 Å². The minimum absolute atomic E-state index is 0.977. The highest BCUT2D eigenvalue weighted by Gasteiger charge is 1.80. The van der Waals surface area contributed by atoms with Crippen molar-refractivity contribution < 1.29 is 0 Å². The molecule has 0 amide bonds. The summed E-state index contributed by atoms with van der Waals surface area (Å²) in [6, 6.07) is 0. The van der Waals surface area contributed by atoms with Crippen molar-refractivity contribution in [3.63, 3.8) is 0 Å². The van der Waals surface area contributed by atoms with Crippen molar-refractivity contribution in [1.82, 2.24) is 0 Å². The van der Waals surface area contributed by atoms with Gasteiger partial charge in [0.1, 0.15) is 0 Å². The SMILES string of the molecule is C=CCC=CCC=CCC=CCCCCC. The molecule has 90 valence electrons. The van der Waals surface area contributed by atoms with Crippen LogP contribution in [0.3, 0.4) is 0 Å². The zero-order chi connectivity index (χ0) is 11.9. The molecule has 0 saturated carbocycles. The molecule has 0 aromatic carbocycles. The van der Waals surface area contributed by atoms with Crippen molar-refractivity contribution in [3.8, 4) is 0 Å². The Morgan fingerprint density at radius 2 is 1.31 bits per heavy atom. The summed E-state index contributed by atoms with van der Waals surface area (Å²) < 4.78 is 0. The van der Waals surface area contributed by atoms with E-state index in [1.165, 1.54) is 25.7 Å². The van der Waals surface area contributed by atoms with E-state index in [4.69, 9.17) is 0 Å². The molecule has 0 bridgehead atoms. The first-order valence-corrected chi connectivity index (χ1v) is 6.47. The fraction of sp³-hybridized carbons (Fsp3) is 0.500. The first-order chi connectivity index (χ1) is 7.91. The Kier molecular flexibility index (Phi) is 13.1. The minimum atomic E-state index is 0.977. The van der Waals surface area contributed by atoms with E-state index in [1.807, 2.05) is 6.08 Å². The van der Waals surface area contributed by atoms with E-state index < -0.39 is 0 Å². The average molecular weight is 218 g/mol. The lowest BCUT2D eigenvalue weighted by molar-refractivity contribution is 0.728. The van der Waals surface area contributed by atoms with E-state index >= 15 is 0 Å². The molecule has 0 N–H and O–H groups in total. The van der Waals surface area contributed by atoms with E-state index in [-0.39, 0.29) is 0 Å². The third kappa shape index (κ3) is 13.0. The number of unbranched alkanes of at least 4 members (excludes halogenated alkanes) is 3. The molecular weight excluding hydrogens is 192 g/mol. The predicted molar refractivity (Wildman–Crippen MR) is 75.6 cm³/mol. The van der Waals surface area contributed by atoms with Crippen LogP contribution in [0.1, 0.15) is 51.9 Å². The number of rotatable bonds is 10. The molecule has 0 aromatic rings. The Balaban J connectivity index is 3.29. The van der Waals surface area contributed by atoms with Gasteiger partial charge in [-0.3, -0.25) is 0 Å². The summed E-state index contributed by atoms with van der Waals surface area (Å²) in [5, 5.41) is 0. The van der Waals surface area contributed by atoms with Crippen LogP contribution in [0.4, 0.5) is 0 Å². The molecule has 0 fully saturated rings. The molecule has 0 heterocycles. The molecular formula is C16H26. The fourth-order valence-corrected chi connectivity index (χ4v) is 1.36. The van der Waals surface area contributed by atoms with Gasteiger partial charge in [-0.15, -0.1) is 6.58 Å². The predicted octanol–water partition coefficient (Wildman–Crippen LogP) is 5.59. The van der Waals surface area contributed by atoms with Crippen molar-refractivity contribution in [1.29, 1.82) is 0 Å². The molecule has 0 atom stereocenters. The summed E-state index contributed by atoms with van der Waals surface area (Å²) in [4.78, 5) is 0. The molecule has 0 saturated heterocycles. The maximum Gasteiger partial charge on any atom is -0.0169 e. The second kappa shape index (κ2) is 14.0. The third-order valence-corrected chi connectivity index (χ3v) is 2.32. The van der Waals surface area contributed by atoms with Crippen molar-refractivity contribution in [2.45, 2.75) is 51.9 Å². The lowest BCUT2D eigenvalue weighted by Gasteiger charge is -1.90. The summed E-state index contributed by atoms with van der Waals surface area (Å²) >= 11 is 0. The Bertz CT molecular complexity index is 218. The molecule has 0 nitrogen and oxygen atoms in total. The van der Waals surface area contributed by atoms with Crippen LogP contribution in [-0.2, 0) is 0 Å². The molecule has 0 rings (SSSR count). The van der Waals surface area contributed by atoms with Gasteiger partial charge in [-0.2, -0.15) is 0 Å². The Morgan fingerprint density at radius 1 is 0.750 bits per heavy atom. The van der Waals surface area contributed by atoms with Crippen LogP contribution in [0, 0.1) is 0 Å². The highest BCUT2D eigenvalue weighted by atomic mass is 13.9. The summed E-state index contributed by atoms with van der Waals surface area (Å²) in [5.41, 5.74) is 0. The van der Waals surface area contributed by atoms with Gasteiger partial charge in [0.25, 0.3) is 0 Å². The third-order valence-electron chi connectivity index (χ3n) is 2.32. The highest BCUT2D eigenvalue weighted by Crippen LogP contribution is 2.00. The molecule has 0 unspecified atom stereocenters.